The molecule has 0 aromatic heterocycles. The van der Waals surface area contributed by atoms with Crippen LogP contribution in [0.25, 0.3) is 0 Å². The number of hydrogen-bond acceptors (Lipinski definition) is 4. The number of amides is 1. The summed E-state index contributed by atoms with van der Waals surface area (Å²) in [5, 5.41) is 29.8. The summed E-state index contributed by atoms with van der Waals surface area (Å²) in [5.74, 6) is -0.628. The lowest BCUT2D eigenvalue weighted by Gasteiger charge is -2.13. The monoisotopic (exact) mass is 272 g/mol. The van der Waals surface area contributed by atoms with Crippen molar-refractivity contribution in [2.75, 3.05) is 5.32 Å². The van der Waals surface area contributed by atoms with E-state index in [9.17, 15) is 14.8 Å². The number of nitrogens with one attached hydrogen (secondary N) is 1. The van der Waals surface area contributed by atoms with Gasteiger partial charge in [-0.15, -0.1) is 0 Å². The fraction of sp³-hybridized carbons (Fsp3) is 0.429. The summed E-state index contributed by atoms with van der Waals surface area (Å²) >= 11 is 0. The van der Waals surface area contributed by atoms with Crippen LogP contribution in [0.3, 0.4) is 0 Å². The first-order valence-corrected chi connectivity index (χ1v) is 6.76. The number of hydrogen-bond donors (Lipinski definition) is 3. The van der Waals surface area contributed by atoms with Gasteiger partial charge >= 0.3 is 7.12 Å². The molecule has 5 nitrogen and oxygen atoms in total. The Kier molecular flexibility index (Phi) is 4.77. The van der Waals surface area contributed by atoms with E-state index < -0.39 is 12.9 Å². The molecule has 1 aromatic carbocycles. The van der Waals surface area contributed by atoms with Crippen LogP contribution in [0.15, 0.2) is 24.3 Å². The van der Waals surface area contributed by atoms with Gasteiger partial charge in [-0.3, -0.25) is 4.79 Å². The number of anilines is 1. The van der Waals surface area contributed by atoms with Gasteiger partial charge in [0, 0.05) is 17.9 Å². The molecule has 0 spiro atoms. The summed E-state index contributed by atoms with van der Waals surface area (Å²) in [6, 6.07) is 9.55. The lowest BCUT2D eigenvalue weighted by Crippen LogP contribution is -2.20. The summed E-state index contributed by atoms with van der Waals surface area (Å²) in [6.07, 6.45) is 1.97. The predicted molar refractivity (Wildman–Crippen MR) is 75.8 cm³/mol. The Bertz CT molecular complexity index is 527. The zero-order valence-corrected chi connectivity index (χ0v) is 11.1. The maximum absolute atomic E-state index is 11.9. The van der Waals surface area contributed by atoms with E-state index in [0.717, 1.165) is 11.3 Å². The number of nitriles is 1. The van der Waals surface area contributed by atoms with Crippen LogP contribution in [-0.2, 0) is 4.79 Å². The van der Waals surface area contributed by atoms with E-state index in [2.05, 4.69) is 5.32 Å². The Labute approximate surface area is 118 Å². The van der Waals surface area contributed by atoms with E-state index in [-0.39, 0.29) is 18.2 Å². The van der Waals surface area contributed by atoms with Gasteiger partial charge in [-0.1, -0.05) is 31.0 Å². The summed E-state index contributed by atoms with van der Waals surface area (Å²) in [5.41, 5.74) is 1.86. The number of para-hydroxylation sites is 1. The van der Waals surface area contributed by atoms with Gasteiger partial charge in [0.15, 0.2) is 0 Å². The Morgan fingerprint density at radius 1 is 1.40 bits per heavy atom. The minimum atomic E-state index is -1.47. The van der Waals surface area contributed by atoms with Crippen LogP contribution in [-0.4, -0.2) is 23.1 Å². The molecule has 1 aromatic rings. The molecule has 0 aliphatic carbocycles. The van der Waals surface area contributed by atoms with Gasteiger partial charge in [0.1, 0.15) is 0 Å². The van der Waals surface area contributed by atoms with Crippen LogP contribution in [0.5, 0.6) is 0 Å². The Hall–Kier alpha value is -1.84. The minimum Gasteiger partial charge on any atom is -0.427 e. The molecule has 0 radical (unpaired) electrons. The maximum atomic E-state index is 11.9. The molecule has 104 valence electrons. The van der Waals surface area contributed by atoms with E-state index in [1.54, 1.807) is 0 Å². The molecule has 0 saturated carbocycles. The number of carbonyl (C=O) groups is 1. The second-order valence-corrected chi connectivity index (χ2v) is 5.10. The smallest absolute Gasteiger partial charge is 0.427 e. The molecule has 1 amide bonds. The molecule has 1 aliphatic heterocycles. The van der Waals surface area contributed by atoms with Crippen LogP contribution in [0.4, 0.5) is 5.69 Å². The highest BCUT2D eigenvalue weighted by Gasteiger charge is 2.30. The second kappa shape index (κ2) is 6.55. The van der Waals surface area contributed by atoms with Gasteiger partial charge in [0.25, 0.3) is 0 Å². The predicted octanol–water partition coefficient (Wildman–Crippen LogP) is 1.65. The molecule has 2 rings (SSSR count). The molecule has 6 heteroatoms. The third-order valence-corrected chi connectivity index (χ3v) is 3.75. The van der Waals surface area contributed by atoms with Crippen molar-refractivity contribution in [3.05, 3.63) is 29.8 Å². The van der Waals surface area contributed by atoms with Crippen molar-refractivity contribution >= 4 is 18.7 Å². The number of rotatable bonds is 6. The summed E-state index contributed by atoms with van der Waals surface area (Å²) in [7, 11) is -1.47. The average molecular weight is 272 g/mol. The van der Waals surface area contributed by atoms with E-state index in [1.165, 1.54) is 0 Å². The van der Waals surface area contributed by atoms with Crippen LogP contribution < -0.4 is 5.32 Å². The summed E-state index contributed by atoms with van der Waals surface area (Å²) in [4.78, 5) is 11.9. The summed E-state index contributed by atoms with van der Waals surface area (Å²) < 4.78 is 0. The lowest BCUT2D eigenvalue weighted by molar-refractivity contribution is -0.117. The molecule has 0 fully saturated rings. The number of carbonyl (C=O) groups excluding carboxylic acids is 1. The molecule has 3 N–H and O–H groups in total. The standard InChI is InChI=1S/C14H17BN2O3/c16-9-8-10(15(19)20)4-3-6-12-11-5-1-2-7-13(11)17-14(12)18/h1-2,5,7,10,12,19-20H,3-4,6,8H2,(H,17,18). The van der Waals surface area contributed by atoms with Crippen molar-refractivity contribution < 1.29 is 14.8 Å². The second-order valence-electron chi connectivity index (χ2n) is 5.10. The van der Waals surface area contributed by atoms with E-state index >= 15 is 0 Å². The molecule has 1 heterocycles. The third kappa shape index (κ3) is 3.18. The van der Waals surface area contributed by atoms with E-state index in [1.807, 2.05) is 30.3 Å². The van der Waals surface area contributed by atoms with Crippen LogP contribution in [0.2, 0.25) is 5.82 Å². The normalized spacial score (nSPS) is 18.1. The molecule has 1 aliphatic rings. The Morgan fingerprint density at radius 3 is 2.85 bits per heavy atom. The van der Waals surface area contributed by atoms with Gasteiger partial charge in [-0.05, 0) is 18.1 Å². The van der Waals surface area contributed by atoms with E-state index in [4.69, 9.17) is 5.26 Å². The zero-order chi connectivity index (χ0) is 14.5. The summed E-state index contributed by atoms with van der Waals surface area (Å²) in [6.45, 7) is 0. The minimum absolute atomic E-state index is 0.00687. The lowest BCUT2D eigenvalue weighted by atomic mass is 9.68. The van der Waals surface area contributed by atoms with Gasteiger partial charge in [-0.25, -0.2) is 0 Å². The van der Waals surface area contributed by atoms with Crippen molar-refractivity contribution in [2.45, 2.75) is 37.4 Å². The van der Waals surface area contributed by atoms with Crippen molar-refractivity contribution in [3.8, 4) is 6.07 Å². The fourth-order valence-corrected chi connectivity index (χ4v) is 2.62. The van der Waals surface area contributed by atoms with Crippen molar-refractivity contribution in [1.82, 2.24) is 0 Å². The van der Waals surface area contributed by atoms with E-state index in [0.29, 0.717) is 19.3 Å². The Morgan fingerprint density at radius 2 is 2.15 bits per heavy atom. The highest BCUT2D eigenvalue weighted by Crippen LogP contribution is 2.36. The molecule has 2 unspecified atom stereocenters. The molecular formula is C14H17BN2O3. The van der Waals surface area contributed by atoms with Crippen molar-refractivity contribution in [1.29, 1.82) is 5.26 Å². The van der Waals surface area contributed by atoms with Crippen LogP contribution >= 0.6 is 0 Å². The van der Waals surface area contributed by atoms with Crippen molar-refractivity contribution in [3.63, 3.8) is 0 Å². The van der Waals surface area contributed by atoms with Gasteiger partial charge in [0.05, 0.1) is 12.0 Å². The van der Waals surface area contributed by atoms with Gasteiger partial charge < -0.3 is 15.4 Å². The number of nitrogens with zero attached hydrogens (tertiary/aromatic N) is 1. The van der Waals surface area contributed by atoms with Gasteiger partial charge in [-0.2, -0.15) is 5.26 Å². The SMILES string of the molecule is N#CCC(CCCC1C(=O)Nc2ccccc21)B(O)O. The Balaban J connectivity index is 1.92. The maximum Gasteiger partial charge on any atom is 0.455 e. The molecule has 20 heavy (non-hydrogen) atoms. The van der Waals surface area contributed by atoms with Crippen molar-refractivity contribution in [2.24, 2.45) is 0 Å². The first-order valence-electron chi connectivity index (χ1n) is 6.76. The quantitative estimate of drug-likeness (QED) is 0.686. The topological polar surface area (TPSA) is 93.4 Å². The van der Waals surface area contributed by atoms with Crippen LogP contribution in [0.1, 0.15) is 37.2 Å². The third-order valence-electron chi connectivity index (χ3n) is 3.75. The molecule has 0 saturated heterocycles. The fourth-order valence-electron chi connectivity index (χ4n) is 2.62. The molecule has 0 bridgehead atoms. The van der Waals surface area contributed by atoms with Crippen LogP contribution in [0, 0.1) is 11.3 Å². The molecular weight excluding hydrogens is 255 g/mol. The van der Waals surface area contributed by atoms with Gasteiger partial charge in [0.2, 0.25) is 5.91 Å². The number of benzene rings is 1. The largest absolute Gasteiger partial charge is 0.455 e. The zero-order valence-electron chi connectivity index (χ0n) is 11.1. The highest BCUT2D eigenvalue weighted by atomic mass is 16.4. The highest BCUT2D eigenvalue weighted by molar-refractivity contribution is 6.43. The first-order chi connectivity index (χ1) is 9.63. The first kappa shape index (κ1) is 14.6. The average Bonchev–Trinajstić information content (AvgIpc) is 2.74. The molecule has 2 atom stereocenters. The number of fused-ring (bicyclic) bond motifs is 1.